The highest BCUT2D eigenvalue weighted by Gasteiger charge is 2.43. The molecule has 29 nitrogen and oxygen atoms in total. The normalized spacial score (nSPS) is 17.9. The second-order valence-corrected chi connectivity index (χ2v) is 25.4. The Morgan fingerprint density at radius 2 is 1.12 bits per heavy atom. The van der Waals surface area contributed by atoms with Crippen molar-refractivity contribution in [3.8, 4) is 23.0 Å². The standard InChI is InChI=1S/C73H95N9O20/c1-48(2)68(79-65(84)17-22-93-24-26-95-28-30-97-32-34-99-36-37-100-35-33-98-31-29-96-27-25-94-23-18-74-64(83)16-19-80-66(85)14-15-67(80)86)70(88)77-49(3)69(87)78-54-12-10-51(11-13-54)53-43-73(4)47-76-59-42-63(61(92-6)40-57(59)72(90)82(73)46-53)102-21-7-20-101-62-41-58-56(39-60(62)91-5)71(89)81-45-52(50-8-9-50)38-55(81)44-75-58/h10-15,39-42,44-50,55,68H,7-9,16-38,43H2,1-6H3,(H,74,83)(H,77,88)(H,78,87)(H,79,84). The molecule has 0 radical (unpaired) electrons. The smallest absolute Gasteiger partial charge is 0.260 e. The van der Waals surface area contributed by atoms with Crippen molar-refractivity contribution in [3.05, 3.63) is 95.3 Å². The summed E-state index contributed by atoms with van der Waals surface area (Å²) in [4.78, 5) is 117. The number of ether oxygens (including phenoxy) is 12. The number of methoxy groups -OCH3 is 2. The first-order valence-corrected chi connectivity index (χ1v) is 34.7. The van der Waals surface area contributed by atoms with Crippen LogP contribution in [0.15, 0.2) is 88.6 Å². The maximum atomic E-state index is 14.4. The summed E-state index contributed by atoms with van der Waals surface area (Å²) in [5.41, 5.74) is 4.49. The molecule has 3 aromatic rings. The molecule has 6 aliphatic rings. The number of imide groups is 1. The third-order valence-corrected chi connectivity index (χ3v) is 17.4. The Hall–Kier alpha value is -8.94. The van der Waals surface area contributed by atoms with Crippen molar-refractivity contribution < 1.29 is 95.2 Å². The van der Waals surface area contributed by atoms with Gasteiger partial charge in [-0.1, -0.05) is 26.0 Å². The molecule has 9 rings (SSSR count). The molecule has 102 heavy (non-hydrogen) atoms. The molecular formula is C73H95N9O20. The molecule has 4 atom stereocenters. The Balaban J connectivity index is 0.578. The molecule has 1 saturated carbocycles. The topological polar surface area (TPSA) is 330 Å². The predicted octanol–water partition coefficient (Wildman–Crippen LogP) is 5.68. The number of carbonyl (C=O) groups is 8. The SMILES string of the molecule is COc1cc2c(cc1OCCCOc1cc3c(cc1OC)C(=O)N1C=C(c4ccc(NC(=O)C(C)NC(=O)C(NC(=O)CCOCCOCCOCCOCCOCCOCCOCCOCCNC(=O)CCN5C(=O)C=CC5=O)C(C)C)cc4)CC1(C)C=N3)N=CC1CC(C3CC3)=CN1C2=O. The van der Waals surface area contributed by atoms with Crippen LogP contribution in [-0.4, -0.2) is 244 Å². The molecular weight excluding hydrogens is 1320 g/mol. The molecule has 29 heteroatoms. The van der Waals surface area contributed by atoms with Gasteiger partial charge in [-0.05, 0) is 85.9 Å². The van der Waals surface area contributed by atoms with Crippen LogP contribution in [0.1, 0.15) is 98.9 Å². The van der Waals surface area contributed by atoms with Gasteiger partial charge in [0.15, 0.2) is 23.0 Å². The zero-order chi connectivity index (χ0) is 72.4. The van der Waals surface area contributed by atoms with Gasteiger partial charge >= 0.3 is 0 Å². The lowest BCUT2D eigenvalue weighted by Gasteiger charge is -2.29. The quantitative estimate of drug-likeness (QED) is 0.0391. The molecule has 0 bridgehead atoms. The summed E-state index contributed by atoms with van der Waals surface area (Å²) < 4.78 is 67.8. The second kappa shape index (κ2) is 38.9. The molecule has 5 heterocycles. The van der Waals surface area contributed by atoms with Crippen LogP contribution in [0.25, 0.3) is 5.57 Å². The minimum atomic E-state index is -0.943. The summed E-state index contributed by atoms with van der Waals surface area (Å²) in [6, 6.07) is 12.0. The van der Waals surface area contributed by atoms with Gasteiger partial charge in [0, 0.05) is 93.6 Å². The van der Waals surface area contributed by atoms with Crippen LogP contribution >= 0.6 is 0 Å². The van der Waals surface area contributed by atoms with Crippen LogP contribution in [-0.2, 0) is 66.7 Å². The van der Waals surface area contributed by atoms with Gasteiger partial charge < -0.3 is 87.9 Å². The summed E-state index contributed by atoms with van der Waals surface area (Å²) in [5.74, 6) is -0.852. The van der Waals surface area contributed by atoms with Crippen molar-refractivity contribution in [2.24, 2.45) is 21.8 Å². The number of amides is 8. The highest BCUT2D eigenvalue weighted by Crippen LogP contribution is 2.46. The number of nitrogens with one attached hydrogen (secondary N) is 4. The van der Waals surface area contributed by atoms with Crippen LogP contribution < -0.4 is 40.2 Å². The monoisotopic (exact) mass is 1420 g/mol. The number of hydrogen-bond acceptors (Lipinski definition) is 22. The van der Waals surface area contributed by atoms with Gasteiger partial charge in [0.25, 0.3) is 23.6 Å². The molecule has 3 aromatic carbocycles. The molecule has 0 saturated heterocycles. The Kier molecular flexibility index (Phi) is 29.5. The lowest BCUT2D eigenvalue weighted by Crippen LogP contribution is -2.53. The summed E-state index contributed by atoms with van der Waals surface area (Å²) in [6.45, 7) is 13.6. The molecule has 1 fully saturated rings. The van der Waals surface area contributed by atoms with Gasteiger partial charge in [-0.15, -0.1) is 0 Å². The molecule has 5 aliphatic heterocycles. The Bertz CT molecular complexity index is 3560. The minimum Gasteiger partial charge on any atom is -0.493 e. The van der Waals surface area contributed by atoms with Gasteiger partial charge in [0.05, 0.1) is 167 Å². The summed E-state index contributed by atoms with van der Waals surface area (Å²) in [5, 5.41) is 11.0. The molecule has 8 amide bonds. The first-order valence-electron chi connectivity index (χ1n) is 34.7. The maximum Gasteiger partial charge on any atom is 0.260 e. The summed E-state index contributed by atoms with van der Waals surface area (Å²) in [7, 11) is 3.05. The van der Waals surface area contributed by atoms with Gasteiger partial charge in [-0.25, -0.2) is 0 Å². The van der Waals surface area contributed by atoms with Crippen LogP contribution in [0.3, 0.4) is 0 Å². The lowest BCUT2D eigenvalue weighted by molar-refractivity contribution is -0.137. The number of fused-ring (bicyclic) bond motifs is 4. The van der Waals surface area contributed by atoms with Crippen LogP contribution in [0.4, 0.5) is 17.1 Å². The fourth-order valence-electron chi connectivity index (χ4n) is 11.6. The third-order valence-electron chi connectivity index (χ3n) is 17.4. The van der Waals surface area contributed by atoms with E-state index in [4.69, 9.17) is 66.8 Å². The van der Waals surface area contributed by atoms with E-state index >= 15 is 0 Å². The van der Waals surface area contributed by atoms with Gasteiger partial charge in [-0.3, -0.25) is 53.2 Å². The maximum absolute atomic E-state index is 14.4. The minimum absolute atomic E-state index is 0.0134. The zero-order valence-corrected chi connectivity index (χ0v) is 59.0. The van der Waals surface area contributed by atoms with E-state index in [0.717, 1.165) is 22.5 Å². The van der Waals surface area contributed by atoms with Gasteiger partial charge in [-0.2, -0.15) is 0 Å². The molecule has 552 valence electrons. The highest BCUT2D eigenvalue weighted by atomic mass is 16.6. The largest absolute Gasteiger partial charge is 0.493 e. The van der Waals surface area contributed by atoms with E-state index in [0.29, 0.717) is 169 Å². The fraction of sp³-hybridized carbons (Fsp3) is 0.534. The number of carbonyl (C=O) groups excluding carboxylic acids is 8. The van der Waals surface area contributed by atoms with E-state index in [-0.39, 0.29) is 81.4 Å². The number of nitrogens with zero attached hydrogens (tertiary/aromatic N) is 5. The van der Waals surface area contributed by atoms with E-state index in [9.17, 15) is 38.4 Å². The van der Waals surface area contributed by atoms with Crippen molar-refractivity contribution >= 4 is 82.3 Å². The van der Waals surface area contributed by atoms with E-state index in [1.54, 1.807) is 73.2 Å². The van der Waals surface area contributed by atoms with Gasteiger partial charge in [0.2, 0.25) is 23.6 Å². The van der Waals surface area contributed by atoms with Gasteiger partial charge in [0.1, 0.15) is 12.1 Å². The second-order valence-electron chi connectivity index (χ2n) is 25.4. The first kappa shape index (κ1) is 77.2. The van der Waals surface area contributed by atoms with Crippen molar-refractivity contribution in [2.75, 3.05) is 152 Å². The van der Waals surface area contributed by atoms with E-state index < -0.39 is 41.3 Å². The number of anilines is 1. The molecule has 1 aliphatic carbocycles. The third kappa shape index (κ3) is 22.3. The molecule has 0 aromatic heterocycles. The van der Waals surface area contributed by atoms with Crippen molar-refractivity contribution in [1.29, 1.82) is 0 Å². The summed E-state index contributed by atoms with van der Waals surface area (Å²) >= 11 is 0. The van der Waals surface area contributed by atoms with Crippen molar-refractivity contribution in [1.82, 2.24) is 30.7 Å². The number of rotatable bonds is 46. The average Bonchev–Trinajstić information content (AvgIpc) is 1.61. The predicted molar refractivity (Wildman–Crippen MR) is 375 cm³/mol. The molecule has 4 N–H and O–H groups in total. The van der Waals surface area contributed by atoms with E-state index in [1.807, 2.05) is 37.7 Å². The lowest BCUT2D eigenvalue weighted by atomic mass is 9.93. The first-order chi connectivity index (χ1) is 49.4. The van der Waals surface area contributed by atoms with Crippen molar-refractivity contribution in [3.63, 3.8) is 0 Å². The van der Waals surface area contributed by atoms with Crippen LogP contribution in [0.5, 0.6) is 23.0 Å². The number of hydrogen-bond donors (Lipinski definition) is 4. The molecule has 0 spiro atoms. The van der Waals surface area contributed by atoms with Crippen LogP contribution in [0, 0.1) is 11.8 Å². The summed E-state index contributed by atoms with van der Waals surface area (Å²) in [6.07, 6.45) is 13.9. The Morgan fingerprint density at radius 3 is 1.66 bits per heavy atom. The number of benzene rings is 3. The van der Waals surface area contributed by atoms with Crippen LogP contribution in [0.2, 0.25) is 0 Å². The molecule has 4 unspecified atom stereocenters. The highest BCUT2D eigenvalue weighted by molar-refractivity contribution is 6.13. The Labute approximate surface area is 593 Å². The fourth-order valence-corrected chi connectivity index (χ4v) is 11.6. The Morgan fingerprint density at radius 1 is 0.588 bits per heavy atom. The average molecular weight is 1420 g/mol. The number of aliphatic imine (C=N–C) groups is 2. The van der Waals surface area contributed by atoms with E-state index in [2.05, 4.69) is 21.3 Å². The zero-order valence-electron chi connectivity index (χ0n) is 59.0. The van der Waals surface area contributed by atoms with E-state index in [1.165, 1.54) is 44.8 Å². The van der Waals surface area contributed by atoms with Crippen molar-refractivity contribution in [2.45, 2.75) is 96.3 Å².